The maximum atomic E-state index is 12.4. The van der Waals surface area contributed by atoms with E-state index in [-0.39, 0.29) is 5.91 Å². The Balaban J connectivity index is 2.12. The Bertz CT molecular complexity index is 477. The van der Waals surface area contributed by atoms with Crippen molar-refractivity contribution in [3.8, 4) is 0 Å². The molecule has 0 radical (unpaired) electrons. The number of benzene rings is 1. The molecule has 0 unspecified atom stereocenters. The van der Waals surface area contributed by atoms with Gasteiger partial charge in [-0.25, -0.2) is 0 Å². The number of piperazine rings is 1. The second-order valence-electron chi connectivity index (χ2n) is 5.16. The first-order chi connectivity index (χ1) is 8.97. The van der Waals surface area contributed by atoms with Crippen molar-refractivity contribution in [3.05, 3.63) is 29.8 Å². The molecule has 4 nitrogen and oxygen atoms in total. The van der Waals surface area contributed by atoms with Crippen molar-refractivity contribution < 1.29 is 9.00 Å². The van der Waals surface area contributed by atoms with Gasteiger partial charge in [0.1, 0.15) is 0 Å². The molecular weight excluding hydrogens is 260 g/mol. The predicted octanol–water partition coefficient (Wildman–Crippen LogP) is 1.25. The average Bonchev–Trinajstić information content (AvgIpc) is 2.37. The number of carbonyl (C=O) groups is 1. The lowest BCUT2D eigenvalue weighted by Crippen LogP contribution is -2.55. The van der Waals surface area contributed by atoms with Gasteiger partial charge in [0.05, 0.1) is 0 Å². The number of nitrogens with one attached hydrogen (secondary N) is 1. The van der Waals surface area contributed by atoms with Gasteiger partial charge in [0.25, 0.3) is 5.91 Å². The van der Waals surface area contributed by atoms with E-state index in [4.69, 9.17) is 0 Å². The summed E-state index contributed by atoms with van der Waals surface area (Å²) in [5.74, 6) is 0.0497. The summed E-state index contributed by atoms with van der Waals surface area (Å²) in [6, 6.07) is 7.68. The van der Waals surface area contributed by atoms with E-state index in [0.29, 0.717) is 17.6 Å². The molecule has 0 aliphatic carbocycles. The van der Waals surface area contributed by atoms with Crippen molar-refractivity contribution in [1.29, 1.82) is 0 Å². The highest BCUT2D eigenvalue weighted by Crippen LogP contribution is 2.13. The van der Waals surface area contributed by atoms with Crippen molar-refractivity contribution in [1.82, 2.24) is 10.2 Å². The number of hydrogen-bond acceptors (Lipinski definition) is 3. The van der Waals surface area contributed by atoms with Crippen LogP contribution in [0.3, 0.4) is 0 Å². The van der Waals surface area contributed by atoms with Crippen LogP contribution in [0.2, 0.25) is 0 Å². The third-order valence-electron chi connectivity index (χ3n) is 3.28. The monoisotopic (exact) mass is 280 g/mol. The van der Waals surface area contributed by atoms with Crippen molar-refractivity contribution in [2.45, 2.75) is 30.8 Å². The molecule has 1 amide bonds. The summed E-state index contributed by atoms with van der Waals surface area (Å²) in [7, 11) is -1.00. The fourth-order valence-electron chi connectivity index (χ4n) is 2.46. The summed E-state index contributed by atoms with van der Waals surface area (Å²) in [6.45, 7) is 5.62. The van der Waals surface area contributed by atoms with Gasteiger partial charge in [0.15, 0.2) is 0 Å². The Hall–Kier alpha value is -1.20. The number of nitrogens with zero attached hydrogens (tertiary/aromatic N) is 1. The van der Waals surface area contributed by atoms with Gasteiger partial charge in [0.2, 0.25) is 0 Å². The molecule has 1 N–H and O–H groups in total. The molecule has 0 aromatic heterocycles. The Morgan fingerprint density at radius 1 is 1.21 bits per heavy atom. The molecule has 1 aliphatic heterocycles. The molecule has 1 aromatic rings. The van der Waals surface area contributed by atoms with Gasteiger partial charge in [-0.3, -0.25) is 9.00 Å². The Kier molecular flexibility index (Phi) is 4.37. The number of rotatable bonds is 2. The summed E-state index contributed by atoms with van der Waals surface area (Å²) >= 11 is 0. The largest absolute Gasteiger partial charge is 0.336 e. The van der Waals surface area contributed by atoms with E-state index in [0.717, 1.165) is 18.0 Å². The second kappa shape index (κ2) is 5.84. The van der Waals surface area contributed by atoms with Crippen LogP contribution in [0.4, 0.5) is 0 Å². The van der Waals surface area contributed by atoms with E-state index in [1.165, 1.54) is 0 Å². The zero-order chi connectivity index (χ0) is 14.0. The zero-order valence-electron chi connectivity index (χ0n) is 11.6. The number of carbonyl (C=O) groups excluding carboxylic acids is 1. The fraction of sp³-hybridized carbons (Fsp3) is 0.500. The minimum atomic E-state index is -1.00. The Morgan fingerprint density at radius 3 is 2.21 bits per heavy atom. The molecule has 0 bridgehead atoms. The Labute approximate surface area is 116 Å². The molecule has 5 heteroatoms. The molecule has 3 atom stereocenters. The van der Waals surface area contributed by atoms with Gasteiger partial charge in [-0.1, -0.05) is 0 Å². The first-order valence-electron chi connectivity index (χ1n) is 6.46. The average molecular weight is 280 g/mol. The van der Waals surface area contributed by atoms with E-state index in [1.807, 2.05) is 4.90 Å². The fourth-order valence-corrected chi connectivity index (χ4v) is 2.98. The normalized spacial score (nSPS) is 25.1. The minimum absolute atomic E-state index is 0.0497. The van der Waals surface area contributed by atoms with E-state index in [1.54, 1.807) is 30.5 Å². The number of amides is 1. The van der Waals surface area contributed by atoms with Crippen LogP contribution in [0, 0.1) is 0 Å². The highest BCUT2D eigenvalue weighted by molar-refractivity contribution is 7.84. The SMILES string of the molecule is C[C@@H]1CN(C(=O)c2ccc([S@](C)=O)cc2)C[C@@H](C)N1. The van der Waals surface area contributed by atoms with Crippen LogP contribution in [0.25, 0.3) is 0 Å². The Morgan fingerprint density at radius 2 is 1.74 bits per heavy atom. The smallest absolute Gasteiger partial charge is 0.253 e. The molecule has 1 fully saturated rings. The standard InChI is InChI=1S/C14H20N2O2S/c1-10-8-16(9-11(2)15-10)14(17)12-4-6-13(7-5-12)19(3)18/h4-7,10-11,15H,8-9H2,1-3H3/t10-,11-,19+/m1/s1. The predicted molar refractivity (Wildman–Crippen MR) is 76.7 cm³/mol. The van der Waals surface area contributed by atoms with Crippen LogP contribution in [-0.4, -0.2) is 46.4 Å². The molecule has 104 valence electrons. The molecule has 2 rings (SSSR count). The summed E-state index contributed by atoms with van der Waals surface area (Å²) in [4.78, 5) is 15.0. The summed E-state index contributed by atoms with van der Waals surface area (Å²) in [6.07, 6.45) is 1.64. The molecule has 1 aliphatic rings. The summed E-state index contributed by atoms with van der Waals surface area (Å²) in [5.41, 5.74) is 0.663. The van der Waals surface area contributed by atoms with Crippen LogP contribution >= 0.6 is 0 Å². The second-order valence-corrected chi connectivity index (χ2v) is 6.54. The van der Waals surface area contributed by atoms with E-state index in [2.05, 4.69) is 19.2 Å². The first-order valence-corrected chi connectivity index (χ1v) is 8.02. The highest BCUT2D eigenvalue weighted by Gasteiger charge is 2.25. The summed E-state index contributed by atoms with van der Waals surface area (Å²) < 4.78 is 11.3. The highest BCUT2D eigenvalue weighted by atomic mass is 32.2. The number of hydrogen-bond donors (Lipinski definition) is 1. The lowest BCUT2D eigenvalue weighted by atomic mass is 10.1. The minimum Gasteiger partial charge on any atom is -0.336 e. The zero-order valence-corrected chi connectivity index (χ0v) is 12.4. The van der Waals surface area contributed by atoms with E-state index in [9.17, 15) is 9.00 Å². The molecule has 1 aromatic carbocycles. The van der Waals surface area contributed by atoms with E-state index >= 15 is 0 Å². The first kappa shape index (κ1) is 14.2. The van der Waals surface area contributed by atoms with Gasteiger partial charge in [-0.05, 0) is 38.1 Å². The molecule has 19 heavy (non-hydrogen) atoms. The van der Waals surface area contributed by atoms with Crippen molar-refractivity contribution in [2.24, 2.45) is 0 Å². The molecule has 0 spiro atoms. The van der Waals surface area contributed by atoms with Gasteiger partial charge >= 0.3 is 0 Å². The molecule has 1 saturated heterocycles. The maximum Gasteiger partial charge on any atom is 0.253 e. The van der Waals surface area contributed by atoms with E-state index < -0.39 is 10.8 Å². The van der Waals surface area contributed by atoms with Crippen molar-refractivity contribution >= 4 is 16.7 Å². The van der Waals surface area contributed by atoms with Crippen LogP contribution in [-0.2, 0) is 10.8 Å². The van der Waals surface area contributed by atoms with Gasteiger partial charge in [-0.2, -0.15) is 0 Å². The molecule has 0 saturated carbocycles. The lowest BCUT2D eigenvalue weighted by molar-refractivity contribution is 0.0673. The topological polar surface area (TPSA) is 49.4 Å². The van der Waals surface area contributed by atoms with Crippen LogP contribution < -0.4 is 5.32 Å². The quantitative estimate of drug-likeness (QED) is 0.887. The summed E-state index contributed by atoms with van der Waals surface area (Å²) in [5, 5.41) is 3.41. The van der Waals surface area contributed by atoms with Crippen LogP contribution in [0.15, 0.2) is 29.2 Å². The van der Waals surface area contributed by atoms with Gasteiger partial charge in [0, 0.05) is 52.7 Å². The maximum absolute atomic E-state index is 12.4. The third-order valence-corrected chi connectivity index (χ3v) is 4.21. The molecular formula is C14H20N2O2S. The van der Waals surface area contributed by atoms with Crippen molar-refractivity contribution in [2.75, 3.05) is 19.3 Å². The van der Waals surface area contributed by atoms with Crippen molar-refractivity contribution in [3.63, 3.8) is 0 Å². The van der Waals surface area contributed by atoms with Gasteiger partial charge < -0.3 is 10.2 Å². The lowest BCUT2D eigenvalue weighted by Gasteiger charge is -2.36. The van der Waals surface area contributed by atoms with Gasteiger partial charge in [-0.15, -0.1) is 0 Å². The van der Waals surface area contributed by atoms with Crippen LogP contribution in [0.5, 0.6) is 0 Å². The van der Waals surface area contributed by atoms with Crippen LogP contribution in [0.1, 0.15) is 24.2 Å². The third kappa shape index (κ3) is 3.42. The molecule has 1 heterocycles.